The van der Waals surface area contributed by atoms with Gasteiger partial charge in [0.25, 0.3) is 0 Å². The normalized spacial score (nSPS) is 20.8. The molecule has 0 spiro atoms. The second-order valence-electron chi connectivity index (χ2n) is 10.9. The molecule has 0 bridgehead atoms. The molecule has 1 N–H and O–H groups in total. The molecule has 0 saturated carbocycles. The Kier molecular flexibility index (Phi) is 21.0. The minimum atomic E-state index is 0.0197. The van der Waals surface area contributed by atoms with Crippen molar-refractivity contribution in [3.63, 3.8) is 0 Å². The quantitative estimate of drug-likeness (QED) is 0.120. The Morgan fingerprint density at radius 2 is 1.00 bits per heavy atom. The molecule has 1 rings (SSSR count). The van der Waals surface area contributed by atoms with Gasteiger partial charge in [-0.05, 0) is 32.4 Å². The first-order valence-corrected chi connectivity index (χ1v) is 15.2. The Morgan fingerprint density at radius 3 is 1.36 bits per heavy atom. The summed E-state index contributed by atoms with van der Waals surface area (Å²) in [5, 5.41) is 9.84. The van der Waals surface area contributed by atoms with E-state index in [0.29, 0.717) is 6.04 Å². The molecule has 1 fully saturated rings. The Labute approximate surface area is 209 Å². The fourth-order valence-corrected chi connectivity index (χ4v) is 5.53. The number of nitrogens with zero attached hydrogens (tertiary/aromatic N) is 1. The molecule has 0 amide bonds. The van der Waals surface area contributed by atoms with Crippen LogP contribution < -0.4 is 0 Å². The monoisotopic (exact) mass is 465 g/mol. The molecule has 196 valence electrons. The third-order valence-electron chi connectivity index (χ3n) is 7.66. The van der Waals surface area contributed by atoms with Crippen LogP contribution in [0.25, 0.3) is 0 Å². The van der Waals surface area contributed by atoms with Crippen molar-refractivity contribution in [3.05, 3.63) is 0 Å². The van der Waals surface area contributed by atoms with Gasteiger partial charge in [-0.25, -0.2) is 0 Å². The highest BCUT2D eigenvalue weighted by Crippen LogP contribution is 2.25. The average molecular weight is 466 g/mol. The van der Waals surface area contributed by atoms with Crippen LogP contribution in [0.15, 0.2) is 0 Å². The minimum absolute atomic E-state index is 0.0197. The maximum absolute atomic E-state index is 9.84. The number of rotatable bonds is 24. The summed E-state index contributed by atoms with van der Waals surface area (Å²) in [7, 11) is 2.17. The van der Waals surface area contributed by atoms with Gasteiger partial charge >= 0.3 is 0 Å². The second kappa shape index (κ2) is 22.4. The van der Waals surface area contributed by atoms with E-state index in [9.17, 15) is 5.11 Å². The molecule has 0 aliphatic carbocycles. The van der Waals surface area contributed by atoms with Gasteiger partial charge in [0.15, 0.2) is 0 Å². The van der Waals surface area contributed by atoms with E-state index in [1.54, 1.807) is 0 Å². The van der Waals surface area contributed by atoms with Crippen molar-refractivity contribution in [3.8, 4) is 0 Å². The van der Waals surface area contributed by atoms with E-state index in [1.165, 1.54) is 142 Å². The van der Waals surface area contributed by atoms with Crippen LogP contribution >= 0.6 is 0 Å². The van der Waals surface area contributed by atoms with Crippen molar-refractivity contribution in [1.82, 2.24) is 4.90 Å². The fraction of sp³-hybridized carbons (Fsp3) is 1.00. The minimum Gasteiger partial charge on any atom is -0.394 e. The van der Waals surface area contributed by atoms with Gasteiger partial charge in [0.1, 0.15) is 7.85 Å². The molecule has 1 saturated heterocycles. The fourth-order valence-electron chi connectivity index (χ4n) is 5.53. The zero-order chi connectivity index (χ0) is 24.0. The number of unbranched alkanes of at least 4 members (excludes halogenated alkanes) is 18. The standard InChI is InChI=1S/C29H60BNO2/c1-3-5-7-9-11-13-15-17-19-21-23-31(27-25-29(30)33-28(27)26-32)24-22-20-18-16-14-12-10-8-6-4-2/h27-29,32H,3-26,30H2,1-2H3/t27?,28-,29-/m1/s1. The Balaban J connectivity index is 2.20. The number of aliphatic hydroxyl groups excluding tert-OH is 1. The first-order chi connectivity index (χ1) is 16.2. The zero-order valence-electron chi connectivity index (χ0n) is 23.0. The third kappa shape index (κ3) is 16.3. The predicted octanol–water partition coefficient (Wildman–Crippen LogP) is 7.24. The predicted molar refractivity (Wildman–Crippen MR) is 148 cm³/mol. The molecule has 0 aromatic heterocycles. The summed E-state index contributed by atoms with van der Waals surface area (Å²) in [6.45, 7) is 7.12. The third-order valence-corrected chi connectivity index (χ3v) is 7.66. The van der Waals surface area contributed by atoms with Crippen molar-refractivity contribution >= 4 is 7.85 Å². The van der Waals surface area contributed by atoms with Crippen molar-refractivity contribution in [2.45, 2.75) is 167 Å². The van der Waals surface area contributed by atoms with Gasteiger partial charge in [-0.2, -0.15) is 0 Å². The molecule has 33 heavy (non-hydrogen) atoms. The maximum atomic E-state index is 9.84. The molecule has 1 unspecified atom stereocenters. The van der Waals surface area contributed by atoms with Crippen LogP contribution in [0.3, 0.4) is 0 Å². The summed E-state index contributed by atoms with van der Waals surface area (Å²) in [5.41, 5.74) is 0. The lowest BCUT2D eigenvalue weighted by Crippen LogP contribution is -2.43. The first kappa shape index (κ1) is 31.0. The molecule has 0 aromatic rings. The van der Waals surface area contributed by atoms with Crippen LogP contribution in [-0.2, 0) is 4.74 Å². The molecule has 3 nitrogen and oxygen atoms in total. The van der Waals surface area contributed by atoms with Crippen LogP contribution in [-0.4, -0.2) is 55.7 Å². The maximum Gasteiger partial charge on any atom is 0.139 e. The molecular weight excluding hydrogens is 405 g/mol. The Hall–Kier alpha value is -0.0551. The molecule has 0 radical (unpaired) electrons. The number of ether oxygens (including phenoxy) is 1. The van der Waals surface area contributed by atoms with E-state index in [4.69, 9.17) is 4.74 Å². The molecular formula is C29H60BNO2. The number of hydrogen-bond donors (Lipinski definition) is 1. The smallest absolute Gasteiger partial charge is 0.139 e. The topological polar surface area (TPSA) is 32.7 Å². The molecule has 1 aliphatic heterocycles. The highest BCUT2D eigenvalue weighted by molar-refractivity contribution is 6.11. The van der Waals surface area contributed by atoms with Crippen molar-refractivity contribution in [1.29, 1.82) is 0 Å². The van der Waals surface area contributed by atoms with Crippen LogP contribution in [0.5, 0.6) is 0 Å². The van der Waals surface area contributed by atoms with Gasteiger partial charge in [0, 0.05) is 12.0 Å². The van der Waals surface area contributed by atoms with E-state index in [1.807, 2.05) is 0 Å². The molecule has 3 atom stereocenters. The van der Waals surface area contributed by atoms with Gasteiger partial charge in [0.05, 0.1) is 12.7 Å². The summed E-state index contributed by atoms with van der Waals surface area (Å²) in [6.07, 6.45) is 29.0. The van der Waals surface area contributed by atoms with Gasteiger partial charge in [-0.1, -0.05) is 129 Å². The van der Waals surface area contributed by atoms with Crippen LogP contribution in [0.4, 0.5) is 0 Å². The summed E-state index contributed by atoms with van der Waals surface area (Å²) < 4.78 is 6.01. The highest BCUT2D eigenvalue weighted by Gasteiger charge is 2.35. The van der Waals surface area contributed by atoms with E-state index >= 15 is 0 Å². The van der Waals surface area contributed by atoms with Crippen molar-refractivity contribution in [2.75, 3.05) is 19.7 Å². The van der Waals surface area contributed by atoms with E-state index in [0.717, 1.165) is 6.42 Å². The zero-order valence-corrected chi connectivity index (χ0v) is 23.0. The van der Waals surface area contributed by atoms with Crippen LogP contribution in [0, 0.1) is 0 Å². The summed E-state index contributed by atoms with van der Waals surface area (Å²) >= 11 is 0. The van der Waals surface area contributed by atoms with Crippen molar-refractivity contribution < 1.29 is 9.84 Å². The van der Waals surface area contributed by atoms with Crippen LogP contribution in [0.1, 0.15) is 149 Å². The number of aliphatic hydroxyl groups is 1. The molecule has 0 aromatic carbocycles. The highest BCUT2D eigenvalue weighted by atomic mass is 16.5. The van der Waals surface area contributed by atoms with Gasteiger partial charge in [0.2, 0.25) is 0 Å². The van der Waals surface area contributed by atoms with E-state index < -0.39 is 0 Å². The Morgan fingerprint density at radius 1 is 0.636 bits per heavy atom. The SMILES string of the molecule is B[C@H]1CC(N(CCCCCCCCCCCC)CCCCCCCCCCCC)[C@@H](CO)O1. The first-order valence-electron chi connectivity index (χ1n) is 15.2. The van der Waals surface area contributed by atoms with Gasteiger partial charge in [-0.15, -0.1) is 0 Å². The summed E-state index contributed by atoms with van der Waals surface area (Å²) in [5.74, 6) is 0. The summed E-state index contributed by atoms with van der Waals surface area (Å²) in [6, 6.07) is 0.706. The average Bonchev–Trinajstić information content (AvgIpc) is 3.20. The lowest BCUT2D eigenvalue weighted by Gasteiger charge is -2.31. The largest absolute Gasteiger partial charge is 0.394 e. The summed E-state index contributed by atoms with van der Waals surface area (Å²) in [4.78, 5) is 2.68. The Bertz CT molecular complexity index is 385. The lowest BCUT2D eigenvalue weighted by atomic mass is 9.93. The molecule has 4 heteroatoms. The van der Waals surface area contributed by atoms with Gasteiger partial charge in [-0.3, -0.25) is 4.90 Å². The van der Waals surface area contributed by atoms with E-state index in [2.05, 4.69) is 26.6 Å². The molecule has 1 heterocycles. The molecule has 1 aliphatic rings. The van der Waals surface area contributed by atoms with Crippen LogP contribution in [0.2, 0.25) is 0 Å². The van der Waals surface area contributed by atoms with E-state index in [-0.39, 0.29) is 18.7 Å². The second-order valence-corrected chi connectivity index (χ2v) is 10.9. The van der Waals surface area contributed by atoms with Gasteiger partial charge < -0.3 is 9.84 Å². The number of hydrogen-bond acceptors (Lipinski definition) is 3. The lowest BCUT2D eigenvalue weighted by molar-refractivity contribution is 0.00893. The van der Waals surface area contributed by atoms with Crippen molar-refractivity contribution in [2.24, 2.45) is 0 Å².